The zero-order valence-corrected chi connectivity index (χ0v) is 12.4. The van der Waals surface area contributed by atoms with Crippen LogP contribution in [0.1, 0.15) is 38.5 Å². The summed E-state index contributed by atoms with van der Waals surface area (Å²) in [5.41, 5.74) is 0. The van der Waals surface area contributed by atoms with Crippen LogP contribution in [0, 0.1) is 0 Å². The van der Waals surface area contributed by atoms with Crippen LogP contribution in [0.25, 0.3) is 0 Å². The molecular weight excluding hydrogens is 300 g/mol. The van der Waals surface area contributed by atoms with Gasteiger partial charge in [-0.05, 0) is 25.7 Å². The summed E-state index contributed by atoms with van der Waals surface area (Å²) in [4.78, 5) is 33.1. The summed E-state index contributed by atoms with van der Waals surface area (Å²) in [6.07, 6.45) is 1.90. The number of sulfone groups is 1. The number of rotatable bonds is 7. The zero-order valence-electron chi connectivity index (χ0n) is 11.6. The Bertz CT molecular complexity index is 502. The van der Waals surface area contributed by atoms with E-state index in [2.05, 4.69) is 10.6 Å². The Morgan fingerprint density at radius 3 is 2.38 bits per heavy atom. The smallest absolute Gasteiger partial charge is 0.321 e. The van der Waals surface area contributed by atoms with E-state index in [0.29, 0.717) is 25.7 Å². The second kappa shape index (κ2) is 7.96. The number of hydrogen-bond donors (Lipinski definition) is 3. The first-order chi connectivity index (χ1) is 9.81. The number of imide groups is 1. The standard InChI is InChI=1S/C12H20N2O6S/c15-10(5-1-2-6-11(16)17)14-12(18)13-8-9-4-3-7-21(9,19)20/h9H,1-8H2,(H,16,17)(H2,13,14,15,18). The van der Waals surface area contributed by atoms with E-state index in [1.54, 1.807) is 0 Å². The maximum absolute atomic E-state index is 11.5. The lowest BCUT2D eigenvalue weighted by Gasteiger charge is -2.11. The summed E-state index contributed by atoms with van der Waals surface area (Å²) in [6.45, 7) is 0.000457. The predicted octanol–water partition coefficient (Wildman–Crippen LogP) is 0.0344. The molecule has 21 heavy (non-hydrogen) atoms. The summed E-state index contributed by atoms with van der Waals surface area (Å²) in [6, 6.07) is -0.722. The topological polar surface area (TPSA) is 130 Å². The van der Waals surface area contributed by atoms with Gasteiger partial charge in [-0.1, -0.05) is 0 Å². The number of nitrogens with one attached hydrogen (secondary N) is 2. The number of hydrogen-bond acceptors (Lipinski definition) is 5. The van der Waals surface area contributed by atoms with E-state index in [1.165, 1.54) is 0 Å². The molecule has 0 radical (unpaired) electrons. The van der Waals surface area contributed by atoms with Gasteiger partial charge in [-0.25, -0.2) is 13.2 Å². The van der Waals surface area contributed by atoms with Crippen molar-refractivity contribution in [2.75, 3.05) is 12.3 Å². The molecule has 0 aromatic heterocycles. The quantitative estimate of drug-likeness (QED) is 0.568. The minimum Gasteiger partial charge on any atom is -0.481 e. The Balaban J connectivity index is 2.18. The monoisotopic (exact) mass is 320 g/mol. The molecule has 3 amide bonds. The van der Waals surface area contributed by atoms with E-state index in [4.69, 9.17) is 5.11 Å². The lowest BCUT2D eigenvalue weighted by Crippen LogP contribution is -2.43. The van der Waals surface area contributed by atoms with Gasteiger partial charge in [0.25, 0.3) is 0 Å². The van der Waals surface area contributed by atoms with E-state index in [-0.39, 0.29) is 25.1 Å². The number of amides is 3. The van der Waals surface area contributed by atoms with E-state index in [9.17, 15) is 22.8 Å². The fraction of sp³-hybridized carbons (Fsp3) is 0.750. The van der Waals surface area contributed by atoms with Gasteiger partial charge in [-0.3, -0.25) is 14.9 Å². The van der Waals surface area contributed by atoms with Crippen LogP contribution in [-0.2, 0) is 19.4 Å². The van der Waals surface area contributed by atoms with Crippen molar-refractivity contribution in [1.82, 2.24) is 10.6 Å². The number of aliphatic carboxylic acids is 1. The first kappa shape index (κ1) is 17.4. The minimum atomic E-state index is -3.12. The molecule has 1 aliphatic rings. The summed E-state index contributed by atoms with van der Waals surface area (Å²) < 4.78 is 23.1. The molecule has 3 N–H and O–H groups in total. The van der Waals surface area contributed by atoms with Crippen LogP contribution in [0.15, 0.2) is 0 Å². The van der Waals surface area contributed by atoms with Gasteiger partial charge in [0.2, 0.25) is 5.91 Å². The van der Waals surface area contributed by atoms with E-state index in [0.717, 1.165) is 0 Å². The van der Waals surface area contributed by atoms with Crippen molar-refractivity contribution in [3.05, 3.63) is 0 Å². The Morgan fingerprint density at radius 1 is 1.14 bits per heavy atom. The molecule has 0 aromatic carbocycles. The molecule has 120 valence electrons. The Labute approximate surface area is 123 Å². The molecule has 8 nitrogen and oxygen atoms in total. The van der Waals surface area contributed by atoms with Gasteiger partial charge in [0.15, 0.2) is 9.84 Å². The second-order valence-corrected chi connectivity index (χ2v) is 7.39. The zero-order chi connectivity index (χ0) is 15.9. The van der Waals surface area contributed by atoms with Gasteiger partial charge in [-0.15, -0.1) is 0 Å². The third-order valence-corrected chi connectivity index (χ3v) is 5.53. The number of carboxylic acid groups (broad SMARTS) is 1. The Hall–Kier alpha value is -1.64. The maximum Gasteiger partial charge on any atom is 0.321 e. The van der Waals surface area contributed by atoms with Crippen molar-refractivity contribution in [3.8, 4) is 0 Å². The van der Waals surface area contributed by atoms with Gasteiger partial charge < -0.3 is 10.4 Å². The predicted molar refractivity (Wildman–Crippen MR) is 74.5 cm³/mol. The molecule has 1 unspecified atom stereocenters. The molecule has 1 rings (SSSR count). The molecule has 1 aliphatic heterocycles. The van der Waals surface area contributed by atoms with Gasteiger partial charge in [-0.2, -0.15) is 0 Å². The van der Waals surface area contributed by atoms with Crippen molar-refractivity contribution >= 4 is 27.7 Å². The van der Waals surface area contributed by atoms with Crippen LogP contribution in [0.5, 0.6) is 0 Å². The molecular formula is C12H20N2O6S. The maximum atomic E-state index is 11.5. The number of carbonyl (C=O) groups excluding carboxylic acids is 2. The average Bonchev–Trinajstić information content (AvgIpc) is 2.71. The summed E-state index contributed by atoms with van der Waals surface area (Å²) in [5, 5.41) is 12.3. The summed E-state index contributed by atoms with van der Waals surface area (Å²) in [7, 11) is -3.12. The minimum absolute atomic E-state index is 0.000457. The SMILES string of the molecule is O=C(O)CCCCC(=O)NC(=O)NCC1CCCS1(=O)=O. The number of urea groups is 1. The third kappa shape index (κ3) is 6.56. The fourth-order valence-electron chi connectivity index (χ4n) is 2.09. The van der Waals surface area contributed by atoms with Crippen molar-refractivity contribution in [2.24, 2.45) is 0 Å². The van der Waals surface area contributed by atoms with E-state index in [1.807, 2.05) is 0 Å². The number of carboxylic acids is 1. The van der Waals surface area contributed by atoms with Crippen molar-refractivity contribution in [3.63, 3.8) is 0 Å². The van der Waals surface area contributed by atoms with Crippen LogP contribution in [-0.4, -0.2) is 49.0 Å². The molecule has 0 spiro atoms. The molecule has 1 fully saturated rings. The molecule has 1 atom stereocenters. The average molecular weight is 320 g/mol. The largest absolute Gasteiger partial charge is 0.481 e. The number of unbranched alkanes of at least 4 members (excludes halogenated alkanes) is 1. The first-order valence-corrected chi connectivity index (χ1v) is 8.54. The molecule has 1 saturated heterocycles. The van der Waals surface area contributed by atoms with Gasteiger partial charge in [0.1, 0.15) is 0 Å². The molecule has 0 bridgehead atoms. The molecule has 0 aliphatic carbocycles. The Kier molecular flexibility index (Phi) is 6.60. The van der Waals surface area contributed by atoms with Crippen LogP contribution in [0.2, 0.25) is 0 Å². The molecule has 0 saturated carbocycles. The number of carbonyl (C=O) groups is 3. The highest BCUT2D eigenvalue weighted by molar-refractivity contribution is 7.92. The van der Waals surface area contributed by atoms with Crippen molar-refractivity contribution in [1.29, 1.82) is 0 Å². The molecule has 9 heteroatoms. The lowest BCUT2D eigenvalue weighted by molar-refractivity contribution is -0.137. The highest BCUT2D eigenvalue weighted by atomic mass is 32.2. The fourth-order valence-corrected chi connectivity index (χ4v) is 3.85. The van der Waals surface area contributed by atoms with Gasteiger partial charge in [0.05, 0.1) is 11.0 Å². The molecule has 1 heterocycles. The summed E-state index contributed by atoms with van der Waals surface area (Å²) >= 11 is 0. The lowest BCUT2D eigenvalue weighted by atomic mass is 10.2. The van der Waals surface area contributed by atoms with Gasteiger partial charge >= 0.3 is 12.0 Å². The second-order valence-electron chi connectivity index (χ2n) is 4.99. The van der Waals surface area contributed by atoms with Crippen LogP contribution in [0.3, 0.4) is 0 Å². The van der Waals surface area contributed by atoms with Crippen molar-refractivity contribution < 1.29 is 27.9 Å². The van der Waals surface area contributed by atoms with Gasteiger partial charge in [0, 0.05) is 19.4 Å². The highest BCUT2D eigenvalue weighted by Gasteiger charge is 2.31. The first-order valence-electron chi connectivity index (χ1n) is 6.82. The van der Waals surface area contributed by atoms with Crippen LogP contribution < -0.4 is 10.6 Å². The van der Waals surface area contributed by atoms with Crippen LogP contribution in [0.4, 0.5) is 4.79 Å². The molecule has 0 aromatic rings. The normalized spacial score (nSPS) is 19.9. The third-order valence-electron chi connectivity index (χ3n) is 3.25. The van der Waals surface area contributed by atoms with Crippen molar-refractivity contribution in [2.45, 2.75) is 43.8 Å². The summed E-state index contributed by atoms with van der Waals surface area (Å²) in [5.74, 6) is -1.29. The Morgan fingerprint density at radius 2 is 1.81 bits per heavy atom. The highest BCUT2D eigenvalue weighted by Crippen LogP contribution is 2.18. The van der Waals surface area contributed by atoms with E-state index >= 15 is 0 Å². The van der Waals surface area contributed by atoms with E-state index < -0.39 is 33.0 Å². The van der Waals surface area contributed by atoms with Crippen LogP contribution >= 0.6 is 0 Å².